The molecular weight excluding hydrogens is 473 g/mol. The second-order valence-corrected chi connectivity index (χ2v) is 7.82. The molecule has 0 bridgehead atoms. The van der Waals surface area contributed by atoms with Crippen molar-refractivity contribution < 1.29 is 32.3 Å². The number of carbonyl (C=O) groups excluding carboxylic acids is 1. The summed E-state index contributed by atoms with van der Waals surface area (Å²) in [7, 11) is 1.17. The predicted octanol–water partition coefficient (Wildman–Crippen LogP) is 5.34. The third-order valence-electron chi connectivity index (χ3n) is 5.39. The van der Waals surface area contributed by atoms with Crippen LogP contribution in [0.15, 0.2) is 71.7 Å². The van der Waals surface area contributed by atoms with E-state index < -0.39 is 17.3 Å². The molecule has 0 amide bonds. The number of hydrogen-bond donors (Lipinski definition) is 1. The summed E-state index contributed by atoms with van der Waals surface area (Å²) in [5.74, 6) is -0.315. The number of hydroxylamine groups is 1. The van der Waals surface area contributed by atoms with E-state index in [9.17, 15) is 18.0 Å². The molecule has 0 saturated carbocycles. The summed E-state index contributed by atoms with van der Waals surface area (Å²) in [6.07, 6.45) is -4.66. The van der Waals surface area contributed by atoms with Gasteiger partial charge >= 0.3 is 18.7 Å². The SMILES string of the molecule is COc1ccc(C2(c3cccc(-c4cccc(Cl)c4)c3)COC(NOC=O)=N2)cc1C(F)(F)F. The highest BCUT2D eigenvalue weighted by molar-refractivity contribution is 6.30. The molecule has 0 saturated heterocycles. The van der Waals surface area contributed by atoms with Crippen LogP contribution in [-0.2, 0) is 26.1 Å². The van der Waals surface area contributed by atoms with E-state index in [0.717, 1.165) is 17.2 Å². The van der Waals surface area contributed by atoms with Crippen LogP contribution in [0, 0.1) is 0 Å². The molecule has 1 unspecified atom stereocenters. The summed E-state index contributed by atoms with van der Waals surface area (Å²) in [5, 5.41) is 0.544. The van der Waals surface area contributed by atoms with E-state index in [-0.39, 0.29) is 30.4 Å². The van der Waals surface area contributed by atoms with Crippen molar-refractivity contribution in [3.63, 3.8) is 0 Å². The Hall–Kier alpha value is -3.72. The first-order valence-corrected chi connectivity index (χ1v) is 10.3. The highest BCUT2D eigenvalue weighted by Gasteiger charge is 2.43. The summed E-state index contributed by atoms with van der Waals surface area (Å²) in [5.41, 5.74) is 2.31. The van der Waals surface area contributed by atoms with Gasteiger partial charge in [-0.05, 0) is 52.6 Å². The van der Waals surface area contributed by atoms with Crippen LogP contribution >= 0.6 is 11.6 Å². The molecule has 1 heterocycles. The molecule has 1 aliphatic heterocycles. The number of ether oxygens (including phenoxy) is 2. The second-order valence-electron chi connectivity index (χ2n) is 7.39. The van der Waals surface area contributed by atoms with Gasteiger partial charge in [0.2, 0.25) is 0 Å². The number of nitrogens with zero attached hydrogens (tertiary/aromatic N) is 1. The van der Waals surface area contributed by atoms with Crippen LogP contribution in [0.2, 0.25) is 5.02 Å². The van der Waals surface area contributed by atoms with Gasteiger partial charge in [0.05, 0.1) is 12.7 Å². The van der Waals surface area contributed by atoms with Gasteiger partial charge in [-0.1, -0.05) is 48.0 Å². The summed E-state index contributed by atoms with van der Waals surface area (Å²) < 4.78 is 51.8. The van der Waals surface area contributed by atoms with E-state index in [2.05, 4.69) is 15.3 Å². The van der Waals surface area contributed by atoms with Gasteiger partial charge in [-0.25, -0.2) is 4.99 Å². The molecular formula is C24H18ClF3N2O4. The maximum Gasteiger partial charge on any atom is 0.419 e. The van der Waals surface area contributed by atoms with Crippen LogP contribution in [0.1, 0.15) is 16.7 Å². The van der Waals surface area contributed by atoms with Gasteiger partial charge in [0.15, 0.2) is 5.54 Å². The zero-order valence-electron chi connectivity index (χ0n) is 17.7. The first-order valence-electron chi connectivity index (χ1n) is 9.97. The third-order valence-corrected chi connectivity index (χ3v) is 5.62. The number of rotatable bonds is 6. The lowest BCUT2D eigenvalue weighted by molar-refractivity contribution is -0.138. The zero-order chi connectivity index (χ0) is 24.3. The number of aliphatic imine (C=N–C) groups is 1. The highest BCUT2D eigenvalue weighted by atomic mass is 35.5. The van der Waals surface area contributed by atoms with Gasteiger partial charge in [0.25, 0.3) is 0 Å². The van der Waals surface area contributed by atoms with Gasteiger partial charge < -0.3 is 14.3 Å². The Kier molecular flexibility index (Phi) is 6.39. The fraction of sp³-hybridized carbons (Fsp3) is 0.167. The summed E-state index contributed by atoms with van der Waals surface area (Å²) in [6.45, 7) is 0.000954. The normalized spacial score (nSPS) is 17.5. The summed E-state index contributed by atoms with van der Waals surface area (Å²) >= 11 is 6.13. The molecule has 4 rings (SSSR count). The fourth-order valence-electron chi connectivity index (χ4n) is 3.81. The highest BCUT2D eigenvalue weighted by Crippen LogP contribution is 2.44. The zero-order valence-corrected chi connectivity index (χ0v) is 18.5. The predicted molar refractivity (Wildman–Crippen MR) is 119 cm³/mol. The smallest absolute Gasteiger partial charge is 0.419 e. The lowest BCUT2D eigenvalue weighted by Crippen LogP contribution is -2.28. The third kappa shape index (κ3) is 4.51. The van der Waals surface area contributed by atoms with Gasteiger partial charge in [0.1, 0.15) is 12.4 Å². The molecule has 176 valence electrons. The summed E-state index contributed by atoms with van der Waals surface area (Å²) in [6, 6.07) is 17.9. The van der Waals surface area contributed by atoms with Crippen molar-refractivity contribution in [2.45, 2.75) is 11.7 Å². The van der Waals surface area contributed by atoms with E-state index in [1.807, 2.05) is 12.1 Å². The second kappa shape index (κ2) is 9.26. The number of amidine groups is 1. The molecule has 10 heteroatoms. The summed E-state index contributed by atoms with van der Waals surface area (Å²) in [4.78, 5) is 19.6. The minimum Gasteiger partial charge on any atom is -0.496 e. The first-order chi connectivity index (χ1) is 16.3. The molecule has 0 fully saturated rings. The van der Waals surface area contributed by atoms with E-state index >= 15 is 0 Å². The van der Waals surface area contributed by atoms with Crippen molar-refractivity contribution in [2.75, 3.05) is 13.7 Å². The molecule has 1 aliphatic rings. The van der Waals surface area contributed by atoms with Crippen LogP contribution in [0.5, 0.6) is 5.75 Å². The van der Waals surface area contributed by atoms with Gasteiger partial charge in [-0.15, -0.1) is 0 Å². The number of nitrogens with one attached hydrogen (secondary N) is 1. The molecule has 0 spiro atoms. The molecule has 34 heavy (non-hydrogen) atoms. The number of benzene rings is 3. The van der Waals surface area contributed by atoms with Crippen LogP contribution in [0.4, 0.5) is 13.2 Å². The fourth-order valence-corrected chi connectivity index (χ4v) is 4.00. The van der Waals surface area contributed by atoms with Crippen molar-refractivity contribution in [3.8, 4) is 16.9 Å². The Bertz CT molecular complexity index is 1250. The number of halogens is 4. The van der Waals surface area contributed by atoms with Crippen molar-refractivity contribution >= 4 is 24.1 Å². The van der Waals surface area contributed by atoms with Gasteiger partial charge in [-0.3, -0.25) is 4.79 Å². The van der Waals surface area contributed by atoms with Crippen molar-refractivity contribution in [1.82, 2.24) is 5.48 Å². The maximum atomic E-state index is 13.8. The topological polar surface area (TPSA) is 69.2 Å². The Morgan fingerprint density at radius 2 is 1.76 bits per heavy atom. The standard InChI is InChI=1S/C24H18ClF3N2O4/c1-32-21-9-8-18(12-20(21)24(26,27)28)23(13-33-22(29-23)30-34-14-31)17-6-2-4-15(10-17)16-5-3-7-19(25)11-16/h2-12,14H,13H2,1H3,(H,29,30). The van der Waals surface area contributed by atoms with Gasteiger partial charge in [-0.2, -0.15) is 18.7 Å². The molecule has 3 aromatic rings. The Balaban J connectivity index is 1.89. The van der Waals surface area contributed by atoms with Crippen LogP contribution < -0.4 is 10.2 Å². The first kappa shape index (κ1) is 23.4. The Morgan fingerprint density at radius 3 is 2.44 bits per heavy atom. The number of hydrogen-bond acceptors (Lipinski definition) is 6. The quantitative estimate of drug-likeness (QED) is 0.373. The Labute approximate surface area is 197 Å². The van der Waals surface area contributed by atoms with Crippen molar-refractivity contribution in [2.24, 2.45) is 4.99 Å². The van der Waals surface area contributed by atoms with E-state index in [0.29, 0.717) is 10.6 Å². The molecule has 1 N–H and O–H groups in total. The monoisotopic (exact) mass is 490 g/mol. The average Bonchev–Trinajstić information content (AvgIpc) is 3.27. The molecule has 1 atom stereocenters. The lowest BCUT2D eigenvalue weighted by atomic mass is 9.82. The Morgan fingerprint density at radius 1 is 1.06 bits per heavy atom. The maximum absolute atomic E-state index is 13.8. The number of alkyl halides is 3. The number of carbonyl (C=O) groups is 1. The molecule has 0 aliphatic carbocycles. The van der Waals surface area contributed by atoms with E-state index in [1.54, 1.807) is 36.4 Å². The lowest BCUT2D eigenvalue weighted by Gasteiger charge is -2.27. The van der Waals surface area contributed by atoms with E-state index in [1.165, 1.54) is 19.2 Å². The van der Waals surface area contributed by atoms with Crippen LogP contribution in [0.3, 0.4) is 0 Å². The van der Waals surface area contributed by atoms with Crippen LogP contribution in [-0.4, -0.2) is 26.2 Å². The largest absolute Gasteiger partial charge is 0.496 e. The molecule has 0 radical (unpaired) electrons. The van der Waals surface area contributed by atoms with Crippen molar-refractivity contribution in [1.29, 1.82) is 0 Å². The molecule has 0 aromatic heterocycles. The van der Waals surface area contributed by atoms with E-state index in [4.69, 9.17) is 21.1 Å². The number of methoxy groups -OCH3 is 1. The van der Waals surface area contributed by atoms with Crippen molar-refractivity contribution in [3.05, 3.63) is 88.4 Å². The molecule has 6 nitrogen and oxygen atoms in total. The van der Waals surface area contributed by atoms with Gasteiger partial charge in [0, 0.05) is 5.02 Å². The average molecular weight is 491 g/mol. The minimum atomic E-state index is -4.66. The molecule has 3 aromatic carbocycles. The minimum absolute atomic E-state index is 0.139. The van der Waals surface area contributed by atoms with Crippen LogP contribution in [0.25, 0.3) is 11.1 Å².